The van der Waals surface area contributed by atoms with Crippen LogP contribution in [0.4, 0.5) is 27.6 Å². The second-order valence-corrected chi connectivity index (χ2v) is 11.5. The molecule has 0 radical (unpaired) electrons. The molecule has 1 aliphatic rings. The molecular weight excluding hydrogens is 505 g/mol. The molecule has 0 bridgehead atoms. The number of carbonyl (C=O) groups is 1. The molecule has 1 aliphatic heterocycles. The number of aryl methyl sites for hydroxylation is 1. The van der Waals surface area contributed by atoms with Crippen LogP contribution in [0, 0.1) is 24.5 Å². The number of amides is 1. The molecule has 3 N–H and O–H groups in total. The highest BCUT2D eigenvalue weighted by atomic mass is 32.1. The fraction of sp³-hybridized carbons (Fsp3) is 0.583. The zero-order valence-corrected chi connectivity index (χ0v) is 21.6. The van der Waals surface area contributed by atoms with Crippen LogP contribution in [-0.2, 0) is 9.53 Å². The molecule has 6 nitrogen and oxygen atoms in total. The summed E-state index contributed by atoms with van der Waals surface area (Å²) in [6.45, 7) is 9.36. The molecule has 0 unspecified atom stereocenters. The maximum absolute atomic E-state index is 14.6. The monoisotopic (exact) mass is 535 g/mol. The lowest BCUT2D eigenvalue weighted by molar-refractivity contribution is -0.272. The number of hydrogen-bond donors (Lipinski definition) is 3. The lowest BCUT2D eigenvalue weighted by Crippen LogP contribution is -2.47. The lowest BCUT2D eigenvalue weighted by Gasteiger charge is -2.31. The maximum Gasteiger partial charge on any atom is 0.417 e. The average molecular weight is 536 g/mol. The number of nitrogens with one attached hydrogen (secondary N) is 2. The molecule has 12 heteroatoms. The summed E-state index contributed by atoms with van der Waals surface area (Å²) in [5.41, 5.74) is -2.51. The number of β-amino-alcohol motifs (C(OH)–C–C–N with tert-alkyl or cyclic N) is 1. The molecule has 1 fully saturated rings. The minimum Gasteiger partial charge on any atom is -0.385 e. The first-order valence-corrected chi connectivity index (χ1v) is 12.2. The lowest BCUT2D eigenvalue weighted by atomic mass is 9.80. The van der Waals surface area contributed by atoms with Gasteiger partial charge in [0.1, 0.15) is 12.2 Å². The maximum atomic E-state index is 14.6. The fourth-order valence-electron chi connectivity index (χ4n) is 4.08. The molecular formula is C24H30F5N3O3S. The van der Waals surface area contributed by atoms with Crippen molar-refractivity contribution in [1.29, 1.82) is 0 Å². The summed E-state index contributed by atoms with van der Waals surface area (Å²) in [6.07, 6.45) is -6.27. The standard InChI is InChI=1S/C24H30F5N3O3S/c1-11-16(20-18(26)17(25)12(2)36-20)19(35-23(11,6)24(27,28)29)21(34)32-13-7-8-14(30-9-13)15(33)10-31-22(3,4)5/h7-9,11,15-16,19,31,33H,10H2,1-6H3,(H,32,34)/t11-,15-,16-,19+,23+/m0/s1. The van der Waals surface area contributed by atoms with E-state index < -0.39 is 53.4 Å². The van der Waals surface area contributed by atoms with Crippen molar-refractivity contribution in [3.05, 3.63) is 45.4 Å². The van der Waals surface area contributed by atoms with Gasteiger partial charge in [-0.2, -0.15) is 13.2 Å². The van der Waals surface area contributed by atoms with Gasteiger partial charge in [-0.3, -0.25) is 9.78 Å². The quantitative estimate of drug-likeness (QED) is 0.442. The number of aromatic nitrogens is 1. The van der Waals surface area contributed by atoms with Crippen LogP contribution < -0.4 is 10.6 Å². The number of anilines is 1. The van der Waals surface area contributed by atoms with Crippen LogP contribution in [-0.4, -0.2) is 46.0 Å². The van der Waals surface area contributed by atoms with E-state index in [2.05, 4.69) is 15.6 Å². The van der Waals surface area contributed by atoms with Crippen LogP contribution in [0.3, 0.4) is 0 Å². The van der Waals surface area contributed by atoms with Crippen molar-refractivity contribution >= 4 is 22.9 Å². The predicted octanol–water partition coefficient (Wildman–Crippen LogP) is 5.23. The third kappa shape index (κ3) is 5.56. The summed E-state index contributed by atoms with van der Waals surface area (Å²) in [5, 5.41) is 15.9. The number of rotatable bonds is 6. The van der Waals surface area contributed by atoms with Crippen LogP contribution in [0.15, 0.2) is 18.3 Å². The topological polar surface area (TPSA) is 83.5 Å². The Morgan fingerprint density at radius 3 is 2.36 bits per heavy atom. The molecule has 2 aromatic heterocycles. The Morgan fingerprint density at radius 1 is 1.25 bits per heavy atom. The molecule has 2 aromatic rings. The van der Waals surface area contributed by atoms with Crippen LogP contribution in [0.5, 0.6) is 0 Å². The van der Waals surface area contributed by atoms with E-state index in [4.69, 9.17) is 4.74 Å². The molecule has 0 aromatic carbocycles. The molecule has 0 spiro atoms. The van der Waals surface area contributed by atoms with Gasteiger partial charge in [0.25, 0.3) is 5.91 Å². The Morgan fingerprint density at radius 2 is 1.89 bits per heavy atom. The van der Waals surface area contributed by atoms with E-state index >= 15 is 0 Å². The Hall–Kier alpha value is -2.15. The van der Waals surface area contributed by atoms with Crippen LogP contribution in [0.25, 0.3) is 0 Å². The first-order chi connectivity index (χ1) is 16.5. The molecule has 3 heterocycles. The number of thiophene rings is 1. The van der Waals surface area contributed by atoms with Gasteiger partial charge < -0.3 is 20.5 Å². The van der Waals surface area contributed by atoms with E-state index in [1.165, 1.54) is 32.2 Å². The van der Waals surface area contributed by atoms with E-state index in [0.29, 0.717) is 17.0 Å². The smallest absolute Gasteiger partial charge is 0.385 e. The zero-order chi connectivity index (χ0) is 27.2. The van der Waals surface area contributed by atoms with Gasteiger partial charge in [-0.15, -0.1) is 11.3 Å². The highest BCUT2D eigenvalue weighted by molar-refractivity contribution is 7.12. The van der Waals surface area contributed by atoms with Gasteiger partial charge in [0.05, 0.1) is 22.5 Å². The van der Waals surface area contributed by atoms with Crippen molar-refractivity contribution in [3.8, 4) is 0 Å². The molecule has 0 saturated carbocycles. The number of alkyl halides is 3. The van der Waals surface area contributed by atoms with Crippen molar-refractivity contribution in [3.63, 3.8) is 0 Å². The normalized spacial score (nSPS) is 25.7. The minimum absolute atomic E-state index is 0.0335. The van der Waals surface area contributed by atoms with Crippen molar-refractivity contribution in [1.82, 2.24) is 10.3 Å². The summed E-state index contributed by atoms with van der Waals surface area (Å²) in [5.74, 6) is -6.13. The number of carbonyl (C=O) groups excluding carboxylic acids is 1. The van der Waals surface area contributed by atoms with Gasteiger partial charge in [-0.1, -0.05) is 6.92 Å². The zero-order valence-electron chi connectivity index (χ0n) is 20.8. The first kappa shape index (κ1) is 28.4. The molecule has 5 atom stereocenters. The van der Waals surface area contributed by atoms with Crippen molar-refractivity contribution in [2.75, 3.05) is 11.9 Å². The van der Waals surface area contributed by atoms with Gasteiger partial charge in [-0.05, 0) is 46.8 Å². The predicted molar refractivity (Wildman–Crippen MR) is 126 cm³/mol. The Bertz CT molecular complexity index is 1100. The highest BCUT2D eigenvalue weighted by Crippen LogP contribution is 2.55. The summed E-state index contributed by atoms with van der Waals surface area (Å²) in [4.78, 5) is 16.9. The largest absolute Gasteiger partial charge is 0.417 e. The SMILES string of the molecule is Cc1sc([C@@H]2[C@H](C(=O)Nc3ccc([C@@H](O)CNC(C)(C)C)nc3)O[C@@](C)(C(F)(F)F)[C@H]2C)c(F)c1F. The number of ether oxygens (including phenoxy) is 1. The van der Waals surface area contributed by atoms with E-state index in [1.54, 1.807) is 0 Å². The van der Waals surface area contributed by atoms with Gasteiger partial charge in [0, 0.05) is 28.8 Å². The van der Waals surface area contributed by atoms with Crippen LogP contribution >= 0.6 is 11.3 Å². The molecule has 0 aliphatic carbocycles. The molecule has 1 amide bonds. The second-order valence-electron chi connectivity index (χ2n) is 10.2. The number of aliphatic hydroxyl groups is 1. The molecule has 36 heavy (non-hydrogen) atoms. The summed E-state index contributed by atoms with van der Waals surface area (Å²) >= 11 is 0.669. The average Bonchev–Trinajstić information content (AvgIpc) is 3.19. The Balaban J connectivity index is 1.85. The number of halogens is 5. The number of nitrogens with zero attached hydrogens (tertiary/aromatic N) is 1. The summed E-state index contributed by atoms with van der Waals surface area (Å²) in [6, 6.07) is 2.91. The molecule has 1 saturated heterocycles. The van der Waals surface area contributed by atoms with E-state index in [9.17, 15) is 31.9 Å². The van der Waals surface area contributed by atoms with Crippen molar-refractivity contribution in [2.45, 2.75) is 77.0 Å². The summed E-state index contributed by atoms with van der Waals surface area (Å²) < 4.78 is 75.8. The van der Waals surface area contributed by atoms with Crippen molar-refractivity contribution < 1.29 is 36.6 Å². The van der Waals surface area contributed by atoms with Gasteiger partial charge in [0.15, 0.2) is 17.2 Å². The van der Waals surface area contributed by atoms with Crippen LogP contribution in [0.1, 0.15) is 62.1 Å². The van der Waals surface area contributed by atoms with Gasteiger partial charge in [0.2, 0.25) is 0 Å². The van der Waals surface area contributed by atoms with E-state index in [0.717, 1.165) is 6.92 Å². The summed E-state index contributed by atoms with van der Waals surface area (Å²) in [7, 11) is 0. The number of hydrogen-bond acceptors (Lipinski definition) is 6. The number of aliphatic hydroxyl groups excluding tert-OH is 1. The molecule has 200 valence electrons. The Kier molecular flexibility index (Phi) is 7.86. The van der Waals surface area contributed by atoms with Gasteiger partial charge in [-0.25, -0.2) is 8.78 Å². The molecule has 3 rings (SSSR count). The number of pyridine rings is 1. The highest BCUT2D eigenvalue weighted by Gasteiger charge is 2.66. The van der Waals surface area contributed by atoms with Crippen LogP contribution in [0.2, 0.25) is 0 Å². The fourth-order valence-corrected chi connectivity index (χ4v) is 5.24. The van der Waals surface area contributed by atoms with E-state index in [1.807, 2.05) is 20.8 Å². The van der Waals surface area contributed by atoms with Crippen molar-refractivity contribution in [2.24, 2.45) is 5.92 Å². The Labute approximate surface area is 210 Å². The first-order valence-electron chi connectivity index (χ1n) is 11.3. The van der Waals surface area contributed by atoms with Gasteiger partial charge >= 0.3 is 6.18 Å². The third-order valence-electron chi connectivity index (χ3n) is 6.43. The minimum atomic E-state index is -4.86. The van der Waals surface area contributed by atoms with E-state index in [-0.39, 0.29) is 27.5 Å². The third-order valence-corrected chi connectivity index (χ3v) is 7.59. The second kappa shape index (κ2) is 9.96.